The van der Waals surface area contributed by atoms with Gasteiger partial charge in [-0.2, -0.15) is 0 Å². The quantitative estimate of drug-likeness (QED) is 0.0852. The minimum absolute atomic E-state index is 0.0341. The molecular weight excluding hydrogens is 619 g/mol. The summed E-state index contributed by atoms with van der Waals surface area (Å²) in [6.07, 6.45) is 10.2. The number of amides is 2. The van der Waals surface area contributed by atoms with Crippen LogP contribution in [0.5, 0.6) is 0 Å². The summed E-state index contributed by atoms with van der Waals surface area (Å²) >= 11 is 0. The van der Waals surface area contributed by atoms with Gasteiger partial charge in [-0.1, -0.05) is 44.1 Å². The minimum atomic E-state index is -0.801. The zero-order valence-corrected chi connectivity index (χ0v) is 28.7. The lowest BCUT2D eigenvalue weighted by atomic mass is 9.87. The van der Waals surface area contributed by atoms with Gasteiger partial charge in [-0.05, 0) is 76.3 Å². The van der Waals surface area contributed by atoms with E-state index in [-0.39, 0.29) is 54.1 Å². The van der Waals surface area contributed by atoms with Crippen molar-refractivity contribution >= 4 is 17.8 Å². The first-order valence-corrected chi connectivity index (χ1v) is 17.1. The van der Waals surface area contributed by atoms with Crippen LogP contribution in [0.2, 0.25) is 0 Å². The first-order chi connectivity index (χ1) is 22.9. The van der Waals surface area contributed by atoms with Gasteiger partial charge in [-0.15, -0.1) is 0 Å². The fourth-order valence-corrected chi connectivity index (χ4v) is 6.13. The Balaban J connectivity index is 1.22. The van der Waals surface area contributed by atoms with Crippen LogP contribution in [0.25, 0.3) is 0 Å². The number of unbranched alkanes of at least 4 members (excludes halogenated alkanes) is 1. The number of hydrogen-bond donors (Lipinski definition) is 3. The molecule has 3 aliphatic heterocycles. The molecule has 48 heavy (non-hydrogen) atoms. The van der Waals surface area contributed by atoms with Crippen LogP contribution < -0.4 is 10.6 Å². The first-order valence-electron chi connectivity index (χ1n) is 17.1. The molecule has 3 saturated heterocycles. The van der Waals surface area contributed by atoms with Crippen LogP contribution in [-0.4, -0.2) is 84.3 Å². The van der Waals surface area contributed by atoms with Gasteiger partial charge >= 0.3 is 5.97 Å². The van der Waals surface area contributed by atoms with Crippen LogP contribution >= 0.6 is 0 Å². The predicted molar refractivity (Wildman–Crippen MR) is 178 cm³/mol. The van der Waals surface area contributed by atoms with Gasteiger partial charge in [0.05, 0.1) is 42.9 Å². The first kappa shape index (κ1) is 37.4. The van der Waals surface area contributed by atoms with Crippen molar-refractivity contribution in [1.82, 2.24) is 10.6 Å². The molecule has 9 atom stereocenters. The molecule has 0 saturated carbocycles. The van der Waals surface area contributed by atoms with Gasteiger partial charge in [0.1, 0.15) is 29.7 Å². The number of aliphatic hydroxyl groups excluding tert-OH is 1. The lowest BCUT2D eigenvalue weighted by Crippen LogP contribution is -2.50. The van der Waals surface area contributed by atoms with Crippen LogP contribution in [0.4, 0.5) is 4.39 Å². The van der Waals surface area contributed by atoms with E-state index >= 15 is 0 Å². The van der Waals surface area contributed by atoms with E-state index in [9.17, 15) is 23.9 Å². The summed E-state index contributed by atoms with van der Waals surface area (Å²) in [5.41, 5.74) is 0.582. The Hall–Kier alpha value is -3.38. The Kier molecular flexibility index (Phi) is 13.5. The average molecular weight is 671 g/mol. The van der Waals surface area contributed by atoms with E-state index in [1.54, 1.807) is 6.92 Å². The van der Waals surface area contributed by atoms with Crippen LogP contribution in [-0.2, 0) is 28.5 Å². The van der Waals surface area contributed by atoms with E-state index in [0.717, 1.165) is 24.8 Å². The fraction of sp³-hybridized carbons (Fsp3) is 0.595. The molecule has 2 amide bonds. The smallest absolute Gasteiger partial charge is 0.338 e. The molecule has 11 heteroatoms. The van der Waals surface area contributed by atoms with Gasteiger partial charge in [-0.25, -0.2) is 9.18 Å². The molecule has 0 bridgehead atoms. The van der Waals surface area contributed by atoms with Gasteiger partial charge in [0, 0.05) is 19.0 Å². The highest BCUT2D eigenvalue weighted by Gasteiger charge is 2.58. The monoisotopic (exact) mass is 670 g/mol. The zero-order chi connectivity index (χ0) is 34.8. The lowest BCUT2D eigenvalue weighted by molar-refractivity contribution is -0.145. The summed E-state index contributed by atoms with van der Waals surface area (Å²) in [5, 5.41) is 16.9. The Labute approximate surface area is 283 Å². The van der Waals surface area contributed by atoms with Gasteiger partial charge < -0.3 is 34.7 Å². The normalized spacial score (nSPS) is 31.1. The molecule has 1 unspecified atom stereocenters. The molecular formula is C37H51FN2O8. The Morgan fingerprint density at radius 3 is 2.58 bits per heavy atom. The number of halogens is 1. The second-order valence-corrected chi connectivity index (χ2v) is 13.4. The van der Waals surface area contributed by atoms with Gasteiger partial charge in [0.15, 0.2) is 0 Å². The molecule has 1 spiro atoms. The van der Waals surface area contributed by atoms with Crippen molar-refractivity contribution in [3.8, 4) is 0 Å². The highest BCUT2D eigenvalue weighted by molar-refractivity contribution is 5.90. The minimum Gasteiger partial charge on any atom is -0.455 e. The largest absolute Gasteiger partial charge is 0.455 e. The standard InChI is InChI=1S/C37H51FN2O8/c1-6-7-18-39-34(42)20-29-21-37(22-45-37)35(43)32(48-29)16-9-23(2)8-15-31-24(3)19-30(26(5)47-31)40-33(41)17-10-25(4)46-36(44)27-11-13-28(38)14-12-27/h8-14,16-17,24-26,29-32,35,43H,6-7,15,18-22H2,1-5H3,(H,39,42)(H,40,41)/b16-9+,17-10-,23-8+/t24-,25?,26+,29+,30+,31-,32+,35+,37+/m0/s1. The maximum absolute atomic E-state index is 13.1. The molecule has 3 N–H and O–H groups in total. The third-order valence-electron chi connectivity index (χ3n) is 9.21. The van der Waals surface area contributed by atoms with Crippen molar-refractivity contribution in [3.63, 3.8) is 0 Å². The average Bonchev–Trinajstić information content (AvgIpc) is 3.82. The number of rotatable bonds is 14. The van der Waals surface area contributed by atoms with E-state index in [1.807, 2.05) is 26.0 Å². The number of aliphatic hydroxyl groups is 1. The number of benzene rings is 1. The third-order valence-corrected chi connectivity index (χ3v) is 9.21. The number of carbonyl (C=O) groups excluding carboxylic acids is 3. The molecule has 3 fully saturated rings. The van der Waals surface area contributed by atoms with Gasteiger partial charge in [0.2, 0.25) is 11.8 Å². The molecule has 0 radical (unpaired) electrons. The number of nitrogens with one attached hydrogen (secondary N) is 2. The highest BCUT2D eigenvalue weighted by atomic mass is 19.1. The zero-order valence-electron chi connectivity index (χ0n) is 28.7. The lowest BCUT2D eigenvalue weighted by Gasteiger charge is -2.39. The molecule has 3 heterocycles. The molecule has 1 aromatic carbocycles. The van der Waals surface area contributed by atoms with Crippen molar-refractivity contribution in [1.29, 1.82) is 0 Å². The molecule has 0 aromatic heterocycles. The second kappa shape index (κ2) is 17.3. The molecule has 0 aliphatic carbocycles. The summed E-state index contributed by atoms with van der Waals surface area (Å²) in [6, 6.07) is 4.88. The maximum Gasteiger partial charge on any atom is 0.338 e. The molecule has 10 nitrogen and oxygen atoms in total. The summed E-state index contributed by atoms with van der Waals surface area (Å²) in [4.78, 5) is 37.3. The van der Waals surface area contributed by atoms with E-state index < -0.39 is 35.7 Å². The van der Waals surface area contributed by atoms with Crippen LogP contribution in [0.1, 0.15) is 83.5 Å². The Morgan fingerprint density at radius 2 is 1.90 bits per heavy atom. The van der Waals surface area contributed by atoms with Crippen LogP contribution in [0.3, 0.4) is 0 Å². The van der Waals surface area contributed by atoms with E-state index in [0.29, 0.717) is 26.0 Å². The highest BCUT2D eigenvalue weighted by Crippen LogP contribution is 2.43. The Bertz CT molecular complexity index is 1340. The van der Waals surface area contributed by atoms with Crippen molar-refractivity contribution in [2.24, 2.45) is 5.92 Å². The van der Waals surface area contributed by atoms with Gasteiger partial charge in [-0.3, -0.25) is 9.59 Å². The topological polar surface area (TPSA) is 136 Å². The summed E-state index contributed by atoms with van der Waals surface area (Å²) < 4.78 is 36.5. The molecule has 3 aliphatic rings. The number of ether oxygens (including phenoxy) is 4. The predicted octanol–water partition coefficient (Wildman–Crippen LogP) is 4.71. The number of epoxide rings is 1. The van der Waals surface area contributed by atoms with E-state index in [2.05, 4.69) is 30.6 Å². The van der Waals surface area contributed by atoms with Crippen molar-refractivity contribution in [2.45, 2.75) is 121 Å². The van der Waals surface area contributed by atoms with Crippen molar-refractivity contribution in [2.75, 3.05) is 13.2 Å². The molecule has 4 rings (SSSR count). The number of allylic oxidation sites excluding steroid dienone is 2. The van der Waals surface area contributed by atoms with Crippen LogP contribution in [0, 0.1) is 11.7 Å². The summed E-state index contributed by atoms with van der Waals surface area (Å²) in [6.45, 7) is 10.9. The second-order valence-electron chi connectivity index (χ2n) is 13.4. The summed E-state index contributed by atoms with van der Waals surface area (Å²) in [5.74, 6) is -1.22. The van der Waals surface area contributed by atoms with Crippen molar-refractivity contribution < 1.29 is 42.8 Å². The van der Waals surface area contributed by atoms with Crippen molar-refractivity contribution in [3.05, 3.63) is 71.6 Å². The van der Waals surface area contributed by atoms with Crippen LogP contribution in [0.15, 0.2) is 60.2 Å². The number of hydrogen-bond acceptors (Lipinski definition) is 8. The SMILES string of the molecule is CCCCNC(=O)C[C@@H]1C[C@@]2(CO2)[C@H](O)[C@@H](/C=C/C(C)=C/C[C@@H]2O[C@H](C)[C@H](NC(=O)/C=C\C(C)OC(=O)c3ccc(F)cc3)C[C@@H]2C)O1. The molecule has 1 aromatic rings. The van der Waals surface area contributed by atoms with Gasteiger partial charge in [0.25, 0.3) is 0 Å². The van der Waals surface area contributed by atoms with E-state index in [4.69, 9.17) is 18.9 Å². The Morgan fingerprint density at radius 1 is 1.17 bits per heavy atom. The maximum atomic E-state index is 13.1. The summed E-state index contributed by atoms with van der Waals surface area (Å²) in [7, 11) is 0. The van der Waals surface area contributed by atoms with E-state index in [1.165, 1.54) is 36.4 Å². The fourth-order valence-electron chi connectivity index (χ4n) is 6.13. The third kappa shape index (κ3) is 10.8. The molecule has 264 valence electrons. The number of carbonyl (C=O) groups is 3. The number of esters is 1.